The van der Waals surface area contributed by atoms with Gasteiger partial charge in [0, 0.05) is 36.7 Å². The second kappa shape index (κ2) is 11.8. The monoisotopic (exact) mass is 665 g/mol. The Morgan fingerprint density at radius 3 is 2.22 bits per heavy atom. The molecular formula is C28H19F8NO7S. The Kier molecular flexibility index (Phi) is 8.33. The normalized spacial score (nSPS) is 16.8. The number of nitrogens with zero attached hydrogens (tertiary/aromatic N) is 1. The van der Waals surface area contributed by atoms with Crippen molar-refractivity contribution >= 4 is 21.8 Å². The summed E-state index contributed by atoms with van der Waals surface area (Å²) < 4.78 is 151. The van der Waals surface area contributed by atoms with Crippen LogP contribution >= 0.6 is 0 Å². The van der Waals surface area contributed by atoms with Crippen LogP contribution in [0.15, 0.2) is 47.4 Å². The highest BCUT2D eigenvalue weighted by Gasteiger charge is 2.34. The molecule has 2 heterocycles. The first kappa shape index (κ1) is 31.9. The molecule has 45 heavy (non-hydrogen) atoms. The Bertz CT molecular complexity index is 1800. The molecule has 3 aromatic carbocycles. The molecule has 0 aromatic heterocycles. The lowest BCUT2D eigenvalue weighted by molar-refractivity contribution is -0.137. The third-order valence-corrected chi connectivity index (χ3v) is 8.24. The van der Waals surface area contributed by atoms with Gasteiger partial charge in [-0.2, -0.15) is 30.4 Å². The zero-order valence-corrected chi connectivity index (χ0v) is 23.2. The van der Waals surface area contributed by atoms with Crippen LogP contribution in [0.1, 0.15) is 35.6 Å². The molecule has 2 aliphatic heterocycles. The highest BCUT2D eigenvalue weighted by atomic mass is 32.2. The van der Waals surface area contributed by atoms with E-state index in [1.165, 1.54) is 12.1 Å². The Morgan fingerprint density at radius 1 is 0.956 bits per heavy atom. The average Bonchev–Trinajstić information content (AvgIpc) is 3.00. The predicted molar refractivity (Wildman–Crippen MR) is 138 cm³/mol. The van der Waals surface area contributed by atoms with E-state index in [4.69, 9.17) is 9.47 Å². The first-order valence-corrected chi connectivity index (χ1v) is 14.3. The van der Waals surface area contributed by atoms with Gasteiger partial charge in [-0.15, -0.1) is 0 Å². The number of ether oxygens (including phenoxy) is 2. The van der Waals surface area contributed by atoms with Crippen LogP contribution in [0.5, 0.6) is 17.2 Å². The fraction of sp³-hybridized carbons (Fsp3) is 0.250. The summed E-state index contributed by atoms with van der Waals surface area (Å²) >= 11 is 0. The maximum absolute atomic E-state index is 14.0. The molecule has 5 rings (SSSR count). The van der Waals surface area contributed by atoms with Crippen LogP contribution in [0.3, 0.4) is 0 Å². The minimum absolute atomic E-state index is 0.0159. The van der Waals surface area contributed by atoms with Crippen molar-refractivity contribution in [2.24, 2.45) is 0 Å². The molecule has 8 nitrogen and oxygen atoms in total. The lowest BCUT2D eigenvalue weighted by atomic mass is 9.96. The molecule has 0 spiro atoms. The molecule has 0 radical (unpaired) electrons. The van der Waals surface area contributed by atoms with Gasteiger partial charge in [-0.25, -0.2) is 18.0 Å². The van der Waals surface area contributed by atoms with E-state index in [-0.39, 0.29) is 55.2 Å². The highest BCUT2D eigenvalue weighted by molar-refractivity contribution is 7.87. The third kappa shape index (κ3) is 6.21. The molecule has 0 fully saturated rings. The number of carbonyl (C=O) groups is 1. The average molecular weight is 666 g/mol. The zero-order valence-electron chi connectivity index (χ0n) is 22.4. The van der Waals surface area contributed by atoms with Gasteiger partial charge < -0.3 is 23.7 Å². The summed E-state index contributed by atoms with van der Waals surface area (Å²) in [6.45, 7) is -0.113. The quantitative estimate of drug-likeness (QED) is 0.133. The number of benzene rings is 3. The van der Waals surface area contributed by atoms with Gasteiger partial charge in [-0.1, -0.05) is 12.1 Å². The molecule has 2 aliphatic rings. The van der Waals surface area contributed by atoms with Crippen molar-refractivity contribution in [2.75, 3.05) is 19.7 Å². The molecule has 0 bridgehead atoms. The molecule has 3 aromatic rings. The second-order valence-electron chi connectivity index (χ2n) is 9.80. The minimum Gasteiger partial charge on any atom is -0.493 e. The van der Waals surface area contributed by atoms with Crippen LogP contribution in [0.25, 0.3) is 5.57 Å². The van der Waals surface area contributed by atoms with Crippen molar-refractivity contribution < 1.29 is 67.1 Å². The van der Waals surface area contributed by atoms with E-state index in [1.807, 2.05) is 0 Å². The van der Waals surface area contributed by atoms with Gasteiger partial charge in [0.25, 0.3) is 0 Å². The lowest BCUT2D eigenvalue weighted by Crippen LogP contribution is -2.33. The van der Waals surface area contributed by atoms with E-state index >= 15 is 0 Å². The fourth-order valence-corrected chi connectivity index (χ4v) is 5.68. The number of amides is 1. The van der Waals surface area contributed by atoms with Crippen molar-refractivity contribution in [3.8, 4) is 17.2 Å². The van der Waals surface area contributed by atoms with Gasteiger partial charge in [0.1, 0.15) is 22.5 Å². The first-order valence-electron chi connectivity index (χ1n) is 12.9. The van der Waals surface area contributed by atoms with E-state index in [9.17, 15) is 53.4 Å². The van der Waals surface area contributed by atoms with Gasteiger partial charge in [-0.05, 0) is 36.3 Å². The van der Waals surface area contributed by atoms with Gasteiger partial charge in [0.15, 0.2) is 0 Å². The second-order valence-corrected chi connectivity index (χ2v) is 11.3. The Hall–Kier alpha value is -4.54. The summed E-state index contributed by atoms with van der Waals surface area (Å²) in [6, 6.07) is 5.71. The van der Waals surface area contributed by atoms with Crippen molar-refractivity contribution in [2.45, 2.75) is 30.0 Å². The lowest BCUT2D eigenvalue weighted by Gasteiger charge is -2.29. The van der Waals surface area contributed by atoms with E-state index < -0.39 is 73.8 Å². The Labute approximate surface area is 249 Å². The molecule has 1 unspecified atom stereocenters. The maximum atomic E-state index is 14.0. The minimum atomic E-state index is -5.18. The largest absolute Gasteiger partial charge is 0.493 e. The summed E-state index contributed by atoms with van der Waals surface area (Å²) in [6.07, 6.45) is -5.08. The predicted octanol–water partition coefficient (Wildman–Crippen LogP) is 6.84. The molecule has 1 N–H and O–H groups in total. The first-order chi connectivity index (χ1) is 21.1. The van der Waals surface area contributed by atoms with Crippen molar-refractivity contribution in [3.05, 3.63) is 88.3 Å². The summed E-state index contributed by atoms with van der Waals surface area (Å²) in [7, 11) is -5.18. The number of halogens is 8. The third-order valence-electron chi connectivity index (χ3n) is 7.02. The summed E-state index contributed by atoms with van der Waals surface area (Å²) in [4.78, 5) is 11.6. The Morgan fingerprint density at radius 2 is 1.62 bits per heavy atom. The molecule has 240 valence electrons. The smallest absolute Gasteiger partial charge is 0.416 e. The highest BCUT2D eigenvalue weighted by Crippen LogP contribution is 2.42. The molecule has 17 heteroatoms. The van der Waals surface area contributed by atoms with Crippen LogP contribution in [-0.4, -0.2) is 44.2 Å². The molecular weight excluding hydrogens is 646 g/mol. The number of alkyl halides is 3. The Balaban J connectivity index is 1.46. The molecule has 1 amide bonds. The number of hydrogen-bond acceptors (Lipinski definition) is 6. The van der Waals surface area contributed by atoms with Crippen molar-refractivity contribution in [3.63, 3.8) is 0 Å². The van der Waals surface area contributed by atoms with Crippen LogP contribution in [0, 0.1) is 29.1 Å². The van der Waals surface area contributed by atoms with Gasteiger partial charge in [-0.3, -0.25) is 0 Å². The van der Waals surface area contributed by atoms with Gasteiger partial charge >= 0.3 is 22.4 Å². The van der Waals surface area contributed by atoms with Gasteiger partial charge in [0.2, 0.25) is 34.8 Å². The van der Waals surface area contributed by atoms with Crippen molar-refractivity contribution in [1.29, 1.82) is 0 Å². The number of hydrogen-bond donors (Lipinski definition) is 1. The van der Waals surface area contributed by atoms with Crippen LogP contribution in [0.4, 0.5) is 39.9 Å². The van der Waals surface area contributed by atoms with E-state index in [0.29, 0.717) is 5.57 Å². The van der Waals surface area contributed by atoms with Gasteiger partial charge in [0.05, 0.1) is 12.2 Å². The molecule has 0 saturated carbocycles. The van der Waals surface area contributed by atoms with E-state index in [1.54, 1.807) is 0 Å². The standard InChI is InChI=1S/C28H19F8NO7S/c29-21-22(30)24(32)26(25(33)23(21)31)44-45(40,41)15-2-3-16-19(7-10-42-20(16)12-15)43-18-4-1-14(28(34,35)36)11-17(18)13-5-8-37(9-6-13)27(38)39/h1-5,11-12,19H,6-10H2,(H,38,39). The molecule has 0 saturated heterocycles. The van der Waals surface area contributed by atoms with Crippen molar-refractivity contribution in [1.82, 2.24) is 4.90 Å². The SMILES string of the molecule is O=C(O)N1CC=C(c2cc(C(F)(F)F)ccc2OC2CCOc3cc(S(=O)(=O)Oc4c(F)c(F)c(F)c(F)c4F)ccc32)CC1. The topological polar surface area (TPSA) is 102 Å². The number of carboxylic acid groups (broad SMARTS) is 1. The summed E-state index contributed by atoms with van der Waals surface area (Å²) in [5.41, 5.74) is -0.273. The zero-order chi connectivity index (χ0) is 32.8. The summed E-state index contributed by atoms with van der Waals surface area (Å²) in [5, 5.41) is 9.20. The number of fused-ring (bicyclic) bond motifs is 1. The maximum Gasteiger partial charge on any atom is 0.416 e. The fourth-order valence-electron chi connectivity index (χ4n) is 4.73. The molecule has 0 aliphatic carbocycles. The van der Waals surface area contributed by atoms with E-state index in [2.05, 4.69) is 4.18 Å². The van der Waals surface area contributed by atoms with E-state index in [0.717, 1.165) is 35.2 Å². The van der Waals surface area contributed by atoms with Crippen LogP contribution in [-0.2, 0) is 16.3 Å². The summed E-state index contributed by atoms with van der Waals surface area (Å²) in [5.74, 6) is -14.5. The number of rotatable bonds is 6. The van der Waals surface area contributed by atoms with Crippen LogP contribution < -0.4 is 13.7 Å². The molecule has 1 atom stereocenters. The van der Waals surface area contributed by atoms with Crippen LogP contribution in [0.2, 0.25) is 0 Å².